The van der Waals surface area contributed by atoms with E-state index in [0.717, 1.165) is 43.0 Å². The largest absolute Gasteiger partial charge is 0.473 e. The quantitative estimate of drug-likeness (QED) is 0.674. The number of anilines is 2. The van der Waals surface area contributed by atoms with Gasteiger partial charge in [0.15, 0.2) is 5.65 Å². The van der Waals surface area contributed by atoms with E-state index in [2.05, 4.69) is 15.7 Å². The summed E-state index contributed by atoms with van der Waals surface area (Å²) in [5, 5.41) is 11.3. The van der Waals surface area contributed by atoms with Gasteiger partial charge in [-0.25, -0.2) is 4.39 Å². The fourth-order valence-electron chi connectivity index (χ4n) is 4.16. The van der Waals surface area contributed by atoms with Crippen molar-refractivity contribution in [3.63, 3.8) is 0 Å². The van der Waals surface area contributed by atoms with E-state index in [4.69, 9.17) is 9.72 Å². The van der Waals surface area contributed by atoms with E-state index in [-0.39, 0.29) is 11.9 Å². The molecule has 2 fully saturated rings. The van der Waals surface area contributed by atoms with Crippen LogP contribution in [0, 0.1) is 12.7 Å². The van der Waals surface area contributed by atoms with Crippen LogP contribution in [0.25, 0.3) is 5.65 Å². The molecule has 1 unspecified atom stereocenters. The van der Waals surface area contributed by atoms with Gasteiger partial charge in [-0.3, -0.25) is 0 Å². The molecule has 2 N–H and O–H groups in total. The second kappa shape index (κ2) is 7.63. The summed E-state index contributed by atoms with van der Waals surface area (Å²) in [7, 11) is 0. The Balaban J connectivity index is 1.53. The number of hydrogen-bond acceptors (Lipinski definition) is 5. The smallest absolute Gasteiger partial charge is 0.219 e. The number of fused-ring (bicyclic) bond motifs is 1. The summed E-state index contributed by atoms with van der Waals surface area (Å²) in [6, 6.07) is 6.78. The molecule has 29 heavy (non-hydrogen) atoms. The third kappa shape index (κ3) is 3.79. The van der Waals surface area contributed by atoms with Gasteiger partial charge < -0.3 is 15.4 Å². The molecule has 0 radical (unpaired) electrons. The Hall–Kier alpha value is -2.67. The summed E-state index contributed by atoms with van der Waals surface area (Å²) in [5.74, 6) is 1.56. The van der Waals surface area contributed by atoms with Crippen molar-refractivity contribution in [1.29, 1.82) is 0 Å². The highest BCUT2D eigenvalue weighted by molar-refractivity contribution is 5.63. The molecular weight excluding hydrogens is 369 g/mol. The summed E-state index contributed by atoms with van der Waals surface area (Å²) in [4.78, 5) is 4.81. The molecule has 1 aromatic carbocycles. The molecular formula is C22H26FN5O. The Morgan fingerprint density at radius 2 is 2.07 bits per heavy atom. The van der Waals surface area contributed by atoms with Crippen LogP contribution >= 0.6 is 0 Å². The zero-order valence-electron chi connectivity index (χ0n) is 16.6. The zero-order valence-corrected chi connectivity index (χ0v) is 16.6. The maximum Gasteiger partial charge on any atom is 0.219 e. The van der Waals surface area contributed by atoms with Crippen molar-refractivity contribution in [2.75, 3.05) is 18.4 Å². The Morgan fingerprint density at radius 1 is 1.17 bits per heavy atom. The van der Waals surface area contributed by atoms with Gasteiger partial charge in [0.05, 0.1) is 6.20 Å². The standard InChI is InChI=1S/C22H26FN5O/c1-14-8-16(23)10-17(9-14)26-20-11-21(29-18-6-3-7-24-12-18)27-22-19(13-25-28(20)22)15-4-2-5-15/h8-11,13,15,18,24,26H,2-7,12H2,1H3. The van der Waals surface area contributed by atoms with E-state index in [9.17, 15) is 4.39 Å². The molecule has 1 aliphatic heterocycles. The van der Waals surface area contributed by atoms with E-state index in [1.165, 1.54) is 37.0 Å². The van der Waals surface area contributed by atoms with Gasteiger partial charge in [-0.2, -0.15) is 14.6 Å². The van der Waals surface area contributed by atoms with Gasteiger partial charge in [-0.15, -0.1) is 0 Å². The fraction of sp³-hybridized carbons (Fsp3) is 0.455. The number of aryl methyl sites for hydroxylation is 1. The summed E-state index contributed by atoms with van der Waals surface area (Å²) in [6.07, 6.45) is 7.73. The molecule has 0 bridgehead atoms. The molecule has 1 saturated carbocycles. The Kier molecular flexibility index (Phi) is 4.83. The van der Waals surface area contributed by atoms with Gasteiger partial charge in [-0.05, 0) is 68.8 Å². The minimum absolute atomic E-state index is 0.109. The van der Waals surface area contributed by atoms with Crippen molar-refractivity contribution in [2.24, 2.45) is 0 Å². The van der Waals surface area contributed by atoms with Crippen LogP contribution in [-0.4, -0.2) is 33.8 Å². The highest BCUT2D eigenvalue weighted by Gasteiger charge is 2.25. The van der Waals surface area contributed by atoms with Crippen LogP contribution in [0.5, 0.6) is 5.88 Å². The van der Waals surface area contributed by atoms with E-state index >= 15 is 0 Å². The van der Waals surface area contributed by atoms with Crippen molar-refractivity contribution in [1.82, 2.24) is 19.9 Å². The highest BCUT2D eigenvalue weighted by Crippen LogP contribution is 2.39. The van der Waals surface area contributed by atoms with Crippen LogP contribution in [0.1, 0.15) is 49.1 Å². The third-order valence-corrected chi connectivity index (χ3v) is 5.87. The monoisotopic (exact) mass is 395 g/mol. The number of nitrogens with one attached hydrogen (secondary N) is 2. The first kappa shape index (κ1) is 18.4. The maximum absolute atomic E-state index is 13.9. The fourth-order valence-corrected chi connectivity index (χ4v) is 4.16. The molecule has 0 spiro atoms. The normalized spacial score (nSPS) is 19.9. The summed E-state index contributed by atoms with van der Waals surface area (Å²) in [5.41, 5.74) is 3.53. The Morgan fingerprint density at radius 3 is 2.79 bits per heavy atom. The number of ether oxygens (including phenoxy) is 1. The predicted molar refractivity (Wildman–Crippen MR) is 111 cm³/mol. The SMILES string of the molecule is Cc1cc(F)cc(Nc2cc(OC3CCCNC3)nc3c(C4CCC4)cnn23)c1. The first-order valence-corrected chi connectivity index (χ1v) is 10.5. The summed E-state index contributed by atoms with van der Waals surface area (Å²) >= 11 is 0. The lowest BCUT2D eigenvalue weighted by Crippen LogP contribution is -2.37. The molecule has 5 rings (SSSR count). The minimum Gasteiger partial charge on any atom is -0.473 e. The lowest BCUT2D eigenvalue weighted by molar-refractivity contribution is 0.161. The van der Waals surface area contributed by atoms with Gasteiger partial charge in [0.25, 0.3) is 0 Å². The van der Waals surface area contributed by atoms with Crippen LogP contribution < -0.4 is 15.4 Å². The number of rotatable bonds is 5. The zero-order chi connectivity index (χ0) is 19.8. The Bertz CT molecular complexity index is 1000. The van der Waals surface area contributed by atoms with Gasteiger partial charge in [0.1, 0.15) is 17.7 Å². The Labute approximate surface area is 169 Å². The van der Waals surface area contributed by atoms with Crippen molar-refractivity contribution in [3.8, 4) is 5.88 Å². The number of piperidine rings is 1. The topological polar surface area (TPSA) is 63.5 Å². The lowest BCUT2D eigenvalue weighted by Gasteiger charge is -2.25. The van der Waals surface area contributed by atoms with E-state index in [1.807, 2.05) is 25.3 Å². The second-order valence-corrected chi connectivity index (χ2v) is 8.17. The average molecular weight is 395 g/mol. The van der Waals surface area contributed by atoms with Crippen LogP contribution in [0.2, 0.25) is 0 Å². The third-order valence-electron chi connectivity index (χ3n) is 5.87. The number of halogens is 1. The molecule has 1 aliphatic carbocycles. The molecule has 1 atom stereocenters. The van der Waals surface area contributed by atoms with Crippen molar-refractivity contribution in [2.45, 2.75) is 51.0 Å². The van der Waals surface area contributed by atoms with Crippen molar-refractivity contribution >= 4 is 17.2 Å². The van der Waals surface area contributed by atoms with Crippen molar-refractivity contribution < 1.29 is 9.13 Å². The van der Waals surface area contributed by atoms with Crippen LogP contribution in [0.4, 0.5) is 15.9 Å². The van der Waals surface area contributed by atoms with Gasteiger partial charge in [0.2, 0.25) is 5.88 Å². The van der Waals surface area contributed by atoms with E-state index in [1.54, 1.807) is 4.52 Å². The average Bonchev–Trinajstić information content (AvgIpc) is 3.04. The van der Waals surface area contributed by atoms with Crippen LogP contribution in [0.15, 0.2) is 30.5 Å². The molecule has 2 aromatic heterocycles. The molecule has 3 heterocycles. The van der Waals surface area contributed by atoms with Crippen molar-refractivity contribution in [3.05, 3.63) is 47.4 Å². The maximum atomic E-state index is 13.9. The molecule has 2 aliphatic rings. The van der Waals surface area contributed by atoms with E-state index < -0.39 is 0 Å². The van der Waals surface area contributed by atoms with Crippen LogP contribution in [-0.2, 0) is 0 Å². The summed E-state index contributed by atoms with van der Waals surface area (Å²) < 4.78 is 21.9. The molecule has 7 heteroatoms. The first-order chi connectivity index (χ1) is 14.2. The molecule has 3 aromatic rings. The molecule has 152 valence electrons. The summed E-state index contributed by atoms with van der Waals surface area (Å²) in [6.45, 7) is 3.74. The molecule has 0 amide bonds. The highest BCUT2D eigenvalue weighted by atomic mass is 19.1. The molecule has 1 saturated heterocycles. The second-order valence-electron chi connectivity index (χ2n) is 8.17. The van der Waals surface area contributed by atoms with Gasteiger partial charge >= 0.3 is 0 Å². The van der Waals surface area contributed by atoms with Gasteiger partial charge in [-0.1, -0.05) is 6.42 Å². The number of aromatic nitrogens is 3. The number of hydrogen-bond donors (Lipinski definition) is 2. The molecule has 6 nitrogen and oxygen atoms in total. The lowest BCUT2D eigenvalue weighted by atomic mass is 9.81. The van der Waals surface area contributed by atoms with Crippen LogP contribution in [0.3, 0.4) is 0 Å². The van der Waals surface area contributed by atoms with E-state index in [0.29, 0.717) is 17.5 Å². The predicted octanol–water partition coefficient (Wildman–Crippen LogP) is 4.32. The first-order valence-electron chi connectivity index (χ1n) is 10.5. The number of nitrogens with zero attached hydrogens (tertiary/aromatic N) is 3. The van der Waals surface area contributed by atoms with Gasteiger partial charge in [0, 0.05) is 23.9 Å². The minimum atomic E-state index is -0.266. The number of benzene rings is 1.